The van der Waals surface area contributed by atoms with E-state index in [-0.39, 0.29) is 0 Å². The summed E-state index contributed by atoms with van der Waals surface area (Å²) in [6.07, 6.45) is 1.04. The van der Waals surface area contributed by atoms with E-state index in [9.17, 15) is 0 Å². The maximum atomic E-state index is 5.99. The first-order chi connectivity index (χ1) is 9.29. The van der Waals surface area contributed by atoms with Gasteiger partial charge in [-0.25, -0.2) is 0 Å². The predicted octanol–water partition coefficient (Wildman–Crippen LogP) is 4.36. The quantitative estimate of drug-likeness (QED) is 0.730. The number of para-hydroxylation sites is 1. The summed E-state index contributed by atoms with van der Waals surface area (Å²) >= 11 is 5.99. The zero-order valence-electron chi connectivity index (χ0n) is 10.9. The van der Waals surface area contributed by atoms with Crippen LogP contribution in [0.25, 0.3) is 0 Å². The van der Waals surface area contributed by atoms with E-state index in [1.807, 2.05) is 30.3 Å². The third-order valence-electron chi connectivity index (χ3n) is 2.78. The minimum absolute atomic E-state index is 0.471. The van der Waals surface area contributed by atoms with Gasteiger partial charge in [-0.2, -0.15) is 0 Å². The molecule has 19 heavy (non-hydrogen) atoms. The van der Waals surface area contributed by atoms with Crippen molar-refractivity contribution in [1.29, 1.82) is 0 Å². The molecule has 0 atom stereocenters. The maximum absolute atomic E-state index is 5.99. The molecule has 0 unspecified atom stereocenters. The summed E-state index contributed by atoms with van der Waals surface area (Å²) in [5.41, 5.74) is 1.31. The highest BCUT2D eigenvalue weighted by atomic mass is 35.5. The van der Waals surface area contributed by atoms with Crippen molar-refractivity contribution in [3.8, 4) is 11.5 Å². The van der Waals surface area contributed by atoms with E-state index < -0.39 is 0 Å². The van der Waals surface area contributed by atoms with E-state index in [0.717, 1.165) is 12.2 Å². The Morgan fingerprint density at radius 2 is 1.58 bits per heavy atom. The van der Waals surface area contributed by atoms with E-state index in [1.54, 1.807) is 6.07 Å². The average Bonchev–Trinajstić information content (AvgIpc) is 2.46. The van der Waals surface area contributed by atoms with Gasteiger partial charge in [0, 0.05) is 0 Å². The summed E-state index contributed by atoms with van der Waals surface area (Å²) in [7, 11) is 0. The summed E-state index contributed by atoms with van der Waals surface area (Å²) < 4.78 is 11.1. The number of benzene rings is 2. The topological polar surface area (TPSA) is 18.5 Å². The third kappa shape index (κ3) is 4.18. The highest BCUT2D eigenvalue weighted by Gasteiger charge is 1.99. The van der Waals surface area contributed by atoms with Gasteiger partial charge >= 0.3 is 0 Å². The molecule has 0 bridgehead atoms. The Morgan fingerprint density at radius 3 is 2.26 bits per heavy atom. The molecule has 3 heteroatoms. The van der Waals surface area contributed by atoms with Crippen molar-refractivity contribution in [3.63, 3.8) is 0 Å². The highest BCUT2D eigenvalue weighted by Crippen LogP contribution is 2.22. The van der Waals surface area contributed by atoms with Crippen LogP contribution >= 0.6 is 11.6 Å². The van der Waals surface area contributed by atoms with Crippen molar-refractivity contribution in [1.82, 2.24) is 0 Å². The Balaban J connectivity index is 1.76. The minimum atomic E-state index is 0.471. The molecule has 0 spiro atoms. The molecule has 0 saturated heterocycles. The fourth-order valence-electron chi connectivity index (χ4n) is 1.69. The van der Waals surface area contributed by atoms with Crippen LogP contribution in [0.2, 0.25) is 5.02 Å². The van der Waals surface area contributed by atoms with Gasteiger partial charge in [-0.3, -0.25) is 0 Å². The Labute approximate surface area is 118 Å². The summed E-state index contributed by atoms with van der Waals surface area (Å²) in [4.78, 5) is 0. The lowest BCUT2D eigenvalue weighted by atomic mass is 10.2. The standard InChI is InChI=1S/C16H17ClO2/c1-2-13-7-9-14(10-8-13)18-11-12-19-16-6-4-3-5-15(16)17/h3-10H,2,11-12H2,1H3. The molecule has 0 aromatic heterocycles. The second-order valence-electron chi connectivity index (χ2n) is 4.12. The molecule has 2 rings (SSSR count). The lowest BCUT2D eigenvalue weighted by Crippen LogP contribution is -2.09. The van der Waals surface area contributed by atoms with E-state index >= 15 is 0 Å². The summed E-state index contributed by atoms with van der Waals surface area (Å²) in [6.45, 7) is 3.10. The van der Waals surface area contributed by atoms with E-state index in [2.05, 4.69) is 19.1 Å². The van der Waals surface area contributed by atoms with Crippen LogP contribution in [0.15, 0.2) is 48.5 Å². The third-order valence-corrected chi connectivity index (χ3v) is 3.09. The molecule has 0 radical (unpaired) electrons. The Bertz CT molecular complexity index is 508. The monoisotopic (exact) mass is 276 g/mol. The number of rotatable bonds is 6. The van der Waals surface area contributed by atoms with Crippen molar-refractivity contribution >= 4 is 11.6 Å². The van der Waals surface area contributed by atoms with Crippen LogP contribution in [0.4, 0.5) is 0 Å². The summed E-state index contributed by atoms with van der Waals surface area (Å²) in [5, 5.41) is 0.620. The van der Waals surface area contributed by atoms with Crippen molar-refractivity contribution in [2.45, 2.75) is 13.3 Å². The molecule has 2 aromatic rings. The molecular formula is C16H17ClO2. The highest BCUT2D eigenvalue weighted by molar-refractivity contribution is 6.32. The maximum Gasteiger partial charge on any atom is 0.138 e. The fourth-order valence-corrected chi connectivity index (χ4v) is 1.88. The molecule has 0 aliphatic heterocycles. The second-order valence-corrected chi connectivity index (χ2v) is 4.53. The number of halogens is 1. The molecule has 0 aliphatic rings. The minimum Gasteiger partial charge on any atom is -0.490 e. The van der Waals surface area contributed by atoms with Crippen LogP contribution in [-0.2, 0) is 6.42 Å². The Hall–Kier alpha value is -1.67. The van der Waals surface area contributed by atoms with Crippen LogP contribution in [0.3, 0.4) is 0 Å². The van der Waals surface area contributed by atoms with Crippen LogP contribution in [0.1, 0.15) is 12.5 Å². The SMILES string of the molecule is CCc1ccc(OCCOc2ccccc2Cl)cc1. The number of ether oxygens (including phenoxy) is 2. The molecule has 0 amide bonds. The lowest BCUT2D eigenvalue weighted by molar-refractivity contribution is 0.217. The molecule has 2 aromatic carbocycles. The Kier molecular flexibility index (Phi) is 5.10. The zero-order chi connectivity index (χ0) is 13.5. The van der Waals surface area contributed by atoms with Crippen molar-refractivity contribution in [3.05, 3.63) is 59.1 Å². The number of hydrogen-bond donors (Lipinski definition) is 0. The molecule has 0 saturated carbocycles. The molecule has 0 fully saturated rings. The van der Waals surface area contributed by atoms with Crippen LogP contribution < -0.4 is 9.47 Å². The average molecular weight is 277 g/mol. The van der Waals surface area contributed by atoms with Crippen LogP contribution in [-0.4, -0.2) is 13.2 Å². The first-order valence-electron chi connectivity index (χ1n) is 6.38. The van der Waals surface area contributed by atoms with Gasteiger partial charge in [0.05, 0.1) is 5.02 Å². The lowest BCUT2D eigenvalue weighted by Gasteiger charge is -2.09. The summed E-state index contributed by atoms with van der Waals surface area (Å²) in [6, 6.07) is 15.5. The van der Waals surface area contributed by atoms with Gasteiger partial charge in [0.1, 0.15) is 24.7 Å². The van der Waals surface area contributed by atoms with E-state index in [4.69, 9.17) is 21.1 Å². The predicted molar refractivity (Wildman–Crippen MR) is 78.3 cm³/mol. The van der Waals surface area contributed by atoms with Gasteiger partial charge in [-0.05, 0) is 36.2 Å². The van der Waals surface area contributed by atoms with E-state index in [1.165, 1.54) is 5.56 Å². The Morgan fingerprint density at radius 1 is 0.895 bits per heavy atom. The van der Waals surface area contributed by atoms with Gasteiger partial charge in [0.2, 0.25) is 0 Å². The smallest absolute Gasteiger partial charge is 0.138 e. The van der Waals surface area contributed by atoms with Crippen molar-refractivity contribution < 1.29 is 9.47 Å². The van der Waals surface area contributed by atoms with Crippen molar-refractivity contribution in [2.24, 2.45) is 0 Å². The largest absolute Gasteiger partial charge is 0.490 e. The number of hydrogen-bond acceptors (Lipinski definition) is 2. The second kappa shape index (κ2) is 7.05. The van der Waals surface area contributed by atoms with Gasteiger partial charge in [0.15, 0.2) is 0 Å². The van der Waals surface area contributed by atoms with Crippen molar-refractivity contribution in [2.75, 3.05) is 13.2 Å². The van der Waals surface area contributed by atoms with Gasteiger partial charge in [-0.1, -0.05) is 42.8 Å². The number of aryl methyl sites for hydroxylation is 1. The molecule has 0 N–H and O–H groups in total. The molecule has 0 heterocycles. The molecule has 2 nitrogen and oxygen atoms in total. The first kappa shape index (κ1) is 13.8. The van der Waals surface area contributed by atoms with Gasteiger partial charge in [0.25, 0.3) is 0 Å². The molecular weight excluding hydrogens is 260 g/mol. The molecule has 100 valence electrons. The van der Waals surface area contributed by atoms with Crippen LogP contribution in [0.5, 0.6) is 11.5 Å². The first-order valence-corrected chi connectivity index (χ1v) is 6.76. The van der Waals surface area contributed by atoms with E-state index in [0.29, 0.717) is 24.0 Å². The fraction of sp³-hybridized carbons (Fsp3) is 0.250. The normalized spacial score (nSPS) is 10.2. The van der Waals surface area contributed by atoms with Gasteiger partial charge < -0.3 is 9.47 Å². The summed E-state index contributed by atoms with van der Waals surface area (Å²) in [5.74, 6) is 1.55. The zero-order valence-corrected chi connectivity index (χ0v) is 11.7. The van der Waals surface area contributed by atoms with Gasteiger partial charge in [-0.15, -0.1) is 0 Å². The van der Waals surface area contributed by atoms with Crippen LogP contribution in [0, 0.1) is 0 Å². The molecule has 0 aliphatic carbocycles.